The van der Waals surface area contributed by atoms with Crippen LogP contribution in [0.2, 0.25) is 0 Å². The normalized spacial score (nSPS) is 13.9. The third-order valence-electron chi connectivity index (χ3n) is 4.22. The van der Waals surface area contributed by atoms with Gasteiger partial charge in [0.25, 0.3) is 11.8 Å². The highest BCUT2D eigenvalue weighted by Gasteiger charge is 2.19. The first-order valence-corrected chi connectivity index (χ1v) is 9.81. The van der Waals surface area contributed by atoms with Gasteiger partial charge in [0.1, 0.15) is 5.76 Å². The van der Waals surface area contributed by atoms with Crippen molar-refractivity contribution in [3.05, 3.63) is 59.0 Å². The fraction of sp³-hybridized carbons (Fsp3) is 0.368. The molecule has 1 aliphatic rings. The van der Waals surface area contributed by atoms with Crippen LogP contribution in [0, 0.1) is 0 Å². The predicted molar refractivity (Wildman–Crippen MR) is 98.7 cm³/mol. The van der Waals surface area contributed by atoms with Crippen molar-refractivity contribution in [2.45, 2.75) is 25.1 Å². The van der Waals surface area contributed by atoms with Gasteiger partial charge in [-0.3, -0.25) is 9.59 Å². The Bertz CT molecular complexity index is 733. The summed E-state index contributed by atoms with van der Waals surface area (Å²) in [5.41, 5.74) is 1.65. The molecule has 0 unspecified atom stereocenters. The fourth-order valence-electron chi connectivity index (χ4n) is 2.86. The standard InChI is InChI=1S/C19H22N2O3S/c1-25-13-16-8-9-17(24-16)18(22)20-12-14-4-6-15(7-5-14)19(23)21-10-2-3-11-21/h4-9H,2-3,10-13H2,1H3,(H,20,22). The molecule has 0 bridgehead atoms. The number of benzene rings is 1. The fourth-order valence-corrected chi connectivity index (χ4v) is 3.30. The zero-order valence-corrected chi connectivity index (χ0v) is 15.1. The first kappa shape index (κ1) is 17.6. The maximum atomic E-state index is 12.3. The first-order valence-electron chi connectivity index (χ1n) is 8.41. The topological polar surface area (TPSA) is 62.6 Å². The Labute approximate surface area is 151 Å². The molecule has 25 heavy (non-hydrogen) atoms. The van der Waals surface area contributed by atoms with Gasteiger partial charge in [-0.05, 0) is 48.9 Å². The number of carbonyl (C=O) groups excluding carboxylic acids is 2. The average molecular weight is 358 g/mol. The number of amides is 2. The molecule has 6 heteroatoms. The van der Waals surface area contributed by atoms with E-state index in [4.69, 9.17) is 4.42 Å². The van der Waals surface area contributed by atoms with E-state index in [1.165, 1.54) is 0 Å². The van der Waals surface area contributed by atoms with Crippen molar-refractivity contribution in [3.8, 4) is 0 Å². The summed E-state index contributed by atoms with van der Waals surface area (Å²) in [4.78, 5) is 26.3. The van der Waals surface area contributed by atoms with Crippen molar-refractivity contribution in [1.82, 2.24) is 10.2 Å². The molecule has 3 rings (SSSR count). The van der Waals surface area contributed by atoms with E-state index in [1.54, 1.807) is 17.8 Å². The van der Waals surface area contributed by atoms with Gasteiger partial charge in [0.2, 0.25) is 0 Å². The van der Waals surface area contributed by atoms with Crippen LogP contribution in [0.1, 0.15) is 45.1 Å². The summed E-state index contributed by atoms with van der Waals surface area (Å²) in [5.74, 6) is 1.72. The number of furan rings is 1. The molecule has 1 aromatic carbocycles. The SMILES string of the molecule is CSCc1ccc(C(=O)NCc2ccc(C(=O)N3CCCC3)cc2)o1. The molecule has 0 saturated carbocycles. The predicted octanol–water partition coefficient (Wildman–Crippen LogP) is 3.31. The molecule has 1 N–H and O–H groups in total. The highest BCUT2D eigenvalue weighted by molar-refractivity contribution is 7.97. The summed E-state index contributed by atoms with van der Waals surface area (Å²) in [6.07, 6.45) is 4.16. The smallest absolute Gasteiger partial charge is 0.287 e. The quantitative estimate of drug-likeness (QED) is 0.860. The summed E-state index contributed by atoms with van der Waals surface area (Å²) in [7, 11) is 0. The van der Waals surface area contributed by atoms with Gasteiger partial charge < -0.3 is 14.6 Å². The number of hydrogen-bond donors (Lipinski definition) is 1. The number of nitrogens with zero attached hydrogens (tertiary/aromatic N) is 1. The van der Waals surface area contributed by atoms with Gasteiger partial charge in [0.05, 0.1) is 5.75 Å². The molecule has 0 aliphatic carbocycles. The zero-order chi connectivity index (χ0) is 17.6. The van der Waals surface area contributed by atoms with Crippen LogP contribution in [-0.2, 0) is 12.3 Å². The third-order valence-corrected chi connectivity index (χ3v) is 4.79. The molecule has 1 saturated heterocycles. The van der Waals surface area contributed by atoms with Crippen LogP contribution in [0.3, 0.4) is 0 Å². The summed E-state index contributed by atoms with van der Waals surface area (Å²) in [6, 6.07) is 10.9. The molecule has 2 aromatic rings. The van der Waals surface area contributed by atoms with Crippen LogP contribution in [-0.4, -0.2) is 36.1 Å². The Kier molecular flexibility index (Phi) is 5.81. The van der Waals surface area contributed by atoms with E-state index in [1.807, 2.05) is 41.5 Å². The molecule has 1 aromatic heterocycles. The Hall–Kier alpha value is -2.21. The van der Waals surface area contributed by atoms with E-state index >= 15 is 0 Å². The van der Waals surface area contributed by atoms with Gasteiger partial charge in [-0.1, -0.05) is 12.1 Å². The third kappa shape index (κ3) is 4.45. The second-order valence-electron chi connectivity index (χ2n) is 6.08. The molecular weight excluding hydrogens is 336 g/mol. The van der Waals surface area contributed by atoms with Crippen molar-refractivity contribution < 1.29 is 14.0 Å². The average Bonchev–Trinajstić information content (AvgIpc) is 3.32. The Morgan fingerprint density at radius 1 is 1.12 bits per heavy atom. The molecular formula is C19H22N2O3S. The van der Waals surface area contributed by atoms with Gasteiger partial charge in [0.15, 0.2) is 5.76 Å². The van der Waals surface area contributed by atoms with Gasteiger partial charge in [-0.2, -0.15) is 11.8 Å². The first-order chi connectivity index (χ1) is 12.2. The van der Waals surface area contributed by atoms with E-state index in [2.05, 4.69) is 5.32 Å². The lowest BCUT2D eigenvalue weighted by Gasteiger charge is -2.15. The van der Waals surface area contributed by atoms with E-state index in [-0.39, 0.29) is 11.8 Å². The summed E-state index contributed by atoms with van der Waals surface area (Å²) in [5, 5.41) is 2.84. The molecule has 2 heterocycles. The van der Waals surface area contributed by atoms with Crippen LogP contribution < -0.4 is 5.32 Å². The largest absolute Gasteiger partial charge is 0.455 e. The maximum Gasteiger partial charge on any atom is 0.287 e. The number of carbonyl (C=O) groups is 2. The van der Waals surface area contributed by atoms with Crippen molar-refractivity contribution in [2.24, 2.45) is 0 Å². The van der Waals surface area contributed by atoms with Crippen molar-refractivity contribution in [3.63, 3.8) is 0 Å². The van der Waals surface area contributed by atoms with Gasteiger partial charge >= 0.3 is 0 Å². The van der Waals surface area contributed by atoms with Gasteiger partial charge in [0, 0.05) is 25.2 Å². The van der Waals surface area contributed by atoms with Gasteiger partial charge in [-0.15, -0.1) is 0 Å². The number of thioether (sulfide) groups is 1. The molecule has 1 aliphatic heterocycles. The molecule has 0 spiro atoms. The maximum absolute atomic E-state index is 12.3. The Morgan fingerprint density at radius 3 is 2.52 bits per heavy atom. The number of likely N-dealkylation sites (tertiary alicyclic amines) is 1. The molecule has 0 atom stereocenters. The lowest BCUT2D eigenvalue weighted by atomic mass is 10.1. The second-order valence-corrected chi connectivity index (χ2v) is 6.94. The number of rotatable bonds is 6. The lowest BCUT2D eigenvalue weighted by Crippen LogP contribution is -2.27. The molecule has 1 fully saturated rings. The van der Waals surface area contributed by atoms with Crippen molar-refractivity contribution in [1.29, 1.82) is 0 Å². The highest BCUT2D eigenvalue weighted by Crippen LogP contribution is 2.15. The van der Waals surface area contributed by atoms with Crippen LogP contribution in [0.5, 0.6) is 0 Å². The molecule has 5 nitrogen and oxygen atoms in total. The zero-order valence-electron chi connectivity index (χ0n) is 14.3. The Morgan fingerprint density at radius 2 is 1.84 bits per heavy atom. The Balaban J connectivity index is 1.54. The van der Waals surface area contributed by atoms with E-state index in [0.29, 0.717) is 17.9 Å². The minimum Gasteiger partial charge on any atom is -0.455 e. The van der Waals surface area contributed by atoms with Gasteiger partial charge in [-0.25, -0.2) is 0 Å². The summed E-state index contributed by atoms with van der Waals surface area (Å²) >= 11 is 1.65. The number of nitrogens with one attached hydrogen (secondary N) is 1. The minimum atomic E-state index is -0.232. The van der Waals surface area contributed by atoms with Crippen LogP contribution in [0.25, 0.3) is 0 Å². The van der Waals surface area contributed by atoms with Crippen LogP contribution in [0.15, 0.2) is 40.8 Å². The van der Waals surface area contributed by atoms with Crippen molar-refractivity contribution in [2.75, 3.05) is 19.3 Å². The van der Waals surface area contributed by atoms with E-state index < -0.39 is 0 Å². The monoisotopic (exact) mass is 358 g/mol. The summed E-state index contributed by atoms with van der Waals surface area (Å²) < 4.78 is 5.50. The van der Waals surface area contributed by atoms with Crippen LogP contribution >= 0.6 is 11.8 Å². The highest BCUT2D eigenvalue weighted by atomic mass is 32.2. The van der Waals surface area contributed by atoms with Crippen molar-refractivity contribution >= 4 is 23.6 Å². The molecule has 132 valence electrons. The minimum absolute atomic E-state index is 0.0880. The summed E-state index contributed by atoms with van der Waals surface area (Å²) in [6.45, 7) is 2.09. The second kappa shape index (κ2) is 8.25. The number of hydrogen-bond acceptors (Lipinski definition) is 4. The van der Waals surface area contributed by atoms with Crippen LogP contribution in [0.4, 0.5) is 0 Å². The van der Waals surface area contributed by atoms with E-state index in [0.717, 1.165) is 43.0 Å². The van der Waals surface area contributed by atoms with E-state index in [9.17, 15) is 9.59 Å². The molecule has 0 radical (unpaired) electrons. The lowest BCUT2D eigenvalue weighted by molar-refractivity contribution is 0.0792. The molecule has 2 amide bonds.